The Labute approximate surface area is 196 Å². The quantitative estimate of drug-likeness (QED) is 0.409. The summed E-state index contributed by atoms with van der Waals surface area (Å²) in [6, 6.07) is 26.8. The predicted octanol–water partition coefficient (Wildman–Crippen LogP) is 4.65. The molecule has 0 radical (unpaired) electrons. The molecule has 0 saturated carbocycles. The third-order valence-electron chi connectivity index (χ3n) is 5.02. The SMILES string of the molecule is CC(=O)N(C)c1ccc(NC(=O)CSc2nnc(-c3ccccc3)n2-c2ccccc2)cc1. The van der Waals surface area contributed by atoms with Crippen LogP contribution in [-0.4, -0.2) is 39.4 Å². The van der Waals surface area contributed by atoms with Gasteiger partial charge in [0.15, 0.2) is 11.0 Å². The summed E-state index contributed by atoms with van der Waals surface area (Å²) >= 11 is 1.32. The lowest BCUT2D eigenvalue weighted by Crippen LogP contribution is -2.22. The fourth-order valence-corrected chi connectivity index (χ4v) is 3.98. The number of hydrogen-bond donors (Lipinski definition) is 1. The fourth-order valence-electron chi connectivity index (χ4n) is 3.22. The van der Waals surface area contributed by atoms with Gasteiger partial charge < -0.3 is 10.2 Å². The molecular formula is C25H23N5O2S. The topological polar surface area (TPSA) is 80.1 Å². The zero-order valence-electron chi connectivity index (χ0n) is 18.3. The molecule has 0 aliphatic carbocycles. The number of anilines is 2. The maximum absolute atomic E-state index is 12.6. The molecular weight excluding hydrogens is 434 g/mol. The fraction of sp³-hybridized carbons (Fsp3) is 0.120. The van der Waals surface area contributed by atoms with Crippen molar-refractivity contribution in [3.63, 3.8) is 0 Å². The number of benzene rings is 3. The summed E-state index contributed by atoms with van der Waals surface area (Å²) in [5.41, 5.74) is 3.30. The number of para-hydroxylation sites is 1. The average molecular weight is 458 g/mol. The lowest BCUT2D eigenvalue weighted by atomic mass is 10.2. The number of hydrogen-bond acceptors (Lipinski definition) is 5. The van der Waals surface area contributed by atoms with Gasteiger partial charge in [-0.3, -0.25) is 14.2 Å². The first-order valence-electron chi connectivity index (χ1n) is 10.4. The van der Waals surface area contributed by atoms with Crippen LogP contribution in [0.15, 0.2) is 90.1 Å². The summed E-state index contributed by atoms with van der Waals surface area (Å²) in [5, 5.41) is 12.3. The lowest BCUT2D eigenvalue weighted by Gasteiger charge is -2.15. The van der Waals surface area contributed by atoms with Crippen molar-refractivity contribution < 1.29 is 9.59 Å². The summed E-state index contributed by atoms with van der Waals surface area (Å²) in [5.74, 6) is 0.682. The van der Waals surface area contributed by atoms with E-state index in [1.54, 1.807) is 36.2 Å². The molecule has 0 spiro atoms. The summed E-state index contributed by atoms with van der Waals surface area (Å²) < 4.78 is 1.96. The maximum atomic E-state index is 12.6. The van der Waals surface area contributed by atoms with Gasteiger partial charge in [0, 0.05) is 36.6 Å². The molecule has 1 heterocycles. The summed E-state index contributed by atoms with van der Waals surface area (Å²) in [4.78, 5) is 25.6. The van der Waals surface area contributed by atoms with E-state index in [2.05, 4.69) is 15.5 Å². The number of rotatable bonds is 7. The van der Waals surface area contributed by atoms with E-state index in [0.29, 0.717) is 10.8 Å². The summed E-state index contributed by atoms with van der Waals surface area (Å²) in [6.45, 7) is 1.50. The minimum atomic E-state index is -0.156. The molecule has 0 unspecified atom stereocenters. The summed E-state index contributed by atoms with van der Waals surface area (Å²) in [6.07, 6.45) is 0. The first-order valence-corrected chi connectivity index (χ1v) is 11.3. The minimum absolute atomic E-state index is 0.0550. The molecule has 7 nitrogen and oxygen atoms in total. The van der Waals surface area contributed by atoms with Crippen LogP contribution in [-0.2, 0) is 9.59 Å². The molecule has 2 amide bonds. The standard InChI is InChI=1S/C25H23N5O2S/c1-18(31)29(2)21-15-13-20(14-16-21)26-23(32)17-33-25-28-27-24(19-9-5-3-6-10-19)30(25)22-11-7-4-8-12-22/h3-16H,17H2,1-2H3,(H,26,32). The van der Waals surface area contributed by atoms with Crippen molar-refractivity contribution in [2.75, 3.05) is 23.0 Å². The average Bonchev–Trinajstić information content (AvgIpc) is 3.28. The Morgan fingerprint density at radius 2 is 1.55 bits per heavy atom. The van der Waals surface area contributed by atoms with Crippen LogP contribution in [0.3, 0.4) is 0 Å². The molecule has 1 aromatic heterocycles. The molecule has 0 bridgehead atoms. The van der Waals surface area contributed by atoms with Crippen molar-refractivity contribution in [1.82, 2.24) is 14.8 Å². The summed E-state index contributed by atoms with van der Waals surface area (Å²) in [7, 11) is 1.71. The molecule has 0 fully saturated rings. The van der Waals surface area contributed by atoms with Crippen molar-refractivity contribution in [3.8, 4) is 17.1 Å². The second-order valence-electron chi connectivity index (χ2n) is 7.30. The Balaban J connectivity index is 1.49. The van der Waals surface area contributed by atoms with Crippen LogP contribution >= 0.6 is 11.8 Å². The smallest absolute Gasteiger partial charge is 0.234 e. The second-order valence-corrected chi connectivity index (χ2v) is 8.25. The monoisotopic (exact) mass is 457 g/mol. The Morgan fingerprint density at radius 3 is 2.18 bits per heavy atom. The van der Waals surface area contributed by atoms with Crippen LogP contribution in [0, 0.1) is 0 Å². The van der Waals surface area contributed by atoms with Crippen molar-refractivity contribution in [2.24, 2.45) is 0 Å². The van der Waals surface area contributed by atoms with Crippen LogP contribution in [0.5, 0.6) is 0 Å². The maximum Gasteiger partial charge on any atom is 0.234 e. The number of aromatic nitrogens is 3. The first-order chi connectivity index (χ1) is 16.0. The van der Waals surface area contributed by atoms with Crippen molar-refractivity contribution in [3.05, 3.63) is 84.9 Å². The van der Waals surface area contributed by atoms with Crippen molar-refractivity contribution in [1.29, 1.82) is 0 Å². The van der Waals surface area contributed by atoms with Gasteiger partial charge in [0.2, 0.25) is 11.8 Å². The van der Waals surface area contributed by atoms with Gasteiger partial charge in [0.25, 0.3) is 0 Å². The van der Waals surface area contributed by atoms with Gasteiger partial charge >= 0.3 is 0 Å². The zero-order chi connectivity index (χ0) is 23.2. The molecule has 1 N–H and O–H groups in total. The molecule has 33 heavy (non-hydrogen) atoms. The first kappa shape index (κ1) is 22.3. The van der Waals surface area contributed by atoms with E-state index in [-0.39, 0.29) is 17.6 Å². The zero-order valence-corrected chi connectivity index (χ0v) is 19.1. The highest BCUT2D eigenvalue weighted by Crippen LogP contribution is 2.28. The lowest BCUT2D eigenvalue weighted by molar-refractivity contribution is -0.116. The number of thioether (sulfide) groups is 1. The normalized spacial score (nSPS) is 10.6. The van der Waals surface area contributed by atoms with Crippen LogP contribution in [0.25, 0.3) is 17.1 Å². The predicted molar refractivity (Wildman–Crippen MR) is 132 cm³/mol. The van der Waals surface area contributed by atoms with E-state index in [1.165, 1.54) is 18.7 Å². The van der Waals surface area contributed by atoms with Crippen molar-refractivity contribution >= 4 is 35.0 Å². The number of amides is 2. The second kappa shape index (κ2) is 10.1. The van der Waals surface area contributed by atoms with Gasteiger partial charge in [-0.1, -0.05) is 60.3 Å². The van der Waals surface area contributed by atoms with Crippen LogP contribution in [0.1, 0.15) is 6.92 Å². The highest BCUT2D eigenvalue weighted by Gasteiger charge is 2.17. The molecule has 0 saturated heterocycles. The number of nitrogens with zero attached hydrogens (tertiary/aromatic N) is 4. The molecule has 0 aliphatic heterocycles. The Bertz CT molecular complexity index is 1240. The highest BCUT2D eigenvalue weighted by atomic mass is 32.2. The molecule has 0 aliphatic rings. The van der Waals surface area contributed by atoms with E-state index in [1.807, 2.05) is 65.2 Å². The molecule has 3 aromatic carbocycles. The molecule has 8 heteroatoms. The van der Waals surface area contributed by atoms with Crippen LogP contribution < -0.4 is 10.2 Å². The van der Waals surface area contributed by atoms with Crippen molar-refractivity contribution in [2.45, 2.75) is 12.1 Å². The van der Waals surface area contributed by atoms with E-state index in [9.17, 15) is 9.59 Å². The number of nitrogens with one attached hydrogen (secondary N) is 1. The Morgan fingerprint density at radius 1 is 0.909 bits per heavy atom. The van der Waals surface area contributed by atoms with Gasteiger partial charge in [-0.15, -0.1) is 10.2 Å². The van der Waals surface area contributed by atoms with Gasteiger partial charge in [0.05, 0.1) is 5.75 Å². The van der Waals surface area contributed by atoms with Gasteiger partial charge in [-0.05, 0) is 36.4 Å². The largest absolute Gasteiger partial charge is 0.325 e. The van der Waals surface area contributed by atoms with Gasteiger partial charge in [0.1, 0.15) is 0 Å². The van der Waals surface area contributed by atoms with E-state index < -0.39 is 0 Å². The highest BCUT2D eigenvalue weighted by molar-refractivity contribution is 7.99. The minimum Gasteiger partial charge on any atom is -0.325 e. The number of carbonyl (C=O) groups is 2. The number of carbonyl (C=O) groups excluding carboxylic acids is 2. The Kier molecular flexibility index (Phi) is 6.85. The van der Waals surface area contributed by atoms with Gasteiger partial charge in [-0.25, -0.2) is 0 Å². The molecule has 4 aromatic rings. The molecule has 166 valence electrons. The van der Waals surface area contributed by atoms with Crippen LogP contribution in [0.2, 0.25) is 0 Å². The molecule has 4 rings (SSSR count). The van der Waals surface area contributed by atoms with E-state index >= 15 is 0 Å². The van der Waals surface area contributed by atoms with Crippen LogP contribution in [0.4, 0.5) is 11.4 Å². The van der Waals surface area contributed by atoms with Gasteiger partial charge in [-0.2, -0.15) is 0 Å². The third kappa shape index (κ3) is 5.30. The van der Waals surface area contributed by atoms with E-state index in [4.69, 9.17) is 0 Å². The molecule has 0 atom stereocenters. The third-order valence-corrected chi connectivity index (χ3v) is 5.95. The Hall–Kier alpha value is -3.91. The van der Waals surface area contributed by atoms with E-state index in [0.717, 1.165) is 22.8 Å².